The summed E-state index contributed by atoms with van der Waals surface area (Å²) in [6, 6.07) is 16.3. The number of nitrogens with zero attached hydrogens (tertiary/aromatic N) is 4. The lowest BCUT2D eigenvalue weighted by molar-refractivity contribution is 0.00133. The maximum Gasteiger partial charge on any atom is 0.419 e. The molecule has 0 bridgehead atoms. The summed E-state index contributed by atoms with van der Waals surface area (Å²) < 4.78 is 12.7. The molecule has 0 aliphatic heterocycles. The summed E-state index contributed by atoms with van der Waals surface area (Å²) in [5, 5.41) is 11.9. The summed E-state index contributed by atoms with van der Waals surface area (Å²) in [4.78, 5) is 30.7. The van der Waals surface area contributed by atoms with Crippen LogP contribution in [0.5, 0.6) is 0 Å². The lowest BCUT2D eigenvalue weighted by Gasteiger charge is -2.28. The van der Waals surface area contributed by atoms with Crippen molar-refractivity contribution in [2.45, 2.75) is 65.6 Å². The van der Waals surface area contributed by atoms with Crippen molar-refractivity contribution in [2.24, 2.45) is 0 Å². The first-order chi connectivity index (χ1) is 17.4. The summed E-state index contributed by atoms with van der Waals surface area (Å²) in [6.45, 7) is 10.5. The Bertz CT molecular complexity index is 1300. The largest absolute Gasteiger partial charge is 0.443 e. The van der Waals surface area contributed by atoms with Gasteiger partial charge in [-0.15, -0.1) is 0 Å². The van der Waals surface area contributed by atoms with Crippen molar-refractivity contribution in [3.63, 3.8) is 0 Å². The number of unbranched alkanes of at least 4 members (excludes halogenated alkanes) is 1. The number of rotatable bonds is 6. The van der Waals surface area contributed by atoms with Crippen LogP contribution in [-0.2, 0) is 9.47 Å². The number of fused-ring (bicyclic) bond motifs is 1. The lowest BCUT2D eigenvalue weighted by atomic mass is 10.1. The zero-order valence-electron chi connectivity index (χ0n) is 22.3. The number of aromatic nitrogens is 2. The molecule has 0 N–H and O–H groups in total. The van der Waals surface area contributed by atoms with Crippen molar-refractivity contribution in [3.05, 3.63) is 66.8 Å². The van der Waals surface area contributed by atoms with Crippen molar-refractivity contribution in [1.29, 1.82) is 5.26 Å². The molecule has 0 fully saturated rings. The molecule has 0 unspecified atom stereocenters. The fraction of sp³-hybridized carbons (Fsp3) is 0.379. The Morgan fingerprint density at radius 3 is 2.24 bits per heavy atom. The Balaban J connectivity index is 1.72. The molecular weight excluding hydrogens is 468 g/mol. The van der Waals surface area contributed by atoms with Crippen LogP contribution in [0.25, 0.3) is 22.0 Å². The zero-order chi connectivity index (χ0) is 27.2. The van der Waals surface area contributed by atoms with E-state index >= 15 is 0 Å². The highest BCUT2D eigenvalue weighted by molar-refractivity contribution is 5.90. The van der Waals surface area contributed by atoms with Crippen LogP contribution in [0, 0.1) is 11.3 Å². The van der Waals surface area contributed by atoms with Gasteiger partial charge in [0.2, 0.25) is 0 Å². The molecule has 0 saturated heterocycles. The van der Waals surface area contributed by atoms with Crippen molar-refractivity contribution in [3.8, 4) is 11.8 Å². The van der Waals surface area contributed by atoms with E-state index in [0.717, 1.165) is 21.4 Å². The normalized spacial score (nSPS) is 12.2. The van der Waals surface area contributed by atoms with Crippen LogP contribution in [-0.4, -0.2) is 44.4 Å². The number of carbonyl (C=O) groups is 2. The molecule has 0 spiro atoms. The minimum Gasteiger partial charge on any atom is -0.443 e. The molecule has 0 atom stereocenters. The van der Waals surface area contributed by atoms with E-state index in [1.165, 1.54) is 0 Å². The van der Waals surface area contributed by atoms with Crippen molar-refractivity contribution in [1.82, 2.24) is 14.5 Å². The molecule has 0 saturated carbocycles. The summed E-state index contributed by atoms with van der Waals surface area (Å²) in [5.74, 6) is 0. The van der Waals surface area contributed by atoms with E-state index in [9.17, 15) is 14.9 Å². The molecule has 194 valence electrons. The van der Waals surface area contributed by atoms with Gasteiger partial charge in [-0.3, -0.25) is 0 Å². The third-order valence-electron chi connectivity index (χ3n) is 5.19. The number of carbonyl (C=O) groups excluding carboxylic acids is 2. The average molecular weight is 503 g/mol. The number of hydrogen-bond donors (Lipinski definition) is 0. The molecule has 1 heterocycles. The van der Waals surface area contributed by atoms with Crippen molar-refractivity contribution >= 4 is 28.5 Å². The van der Waals surface area contributed by atoms with Gasteiger partial charge in [-0.1, -0.05) is 42.5 Å². The van der Waals surface area contributed by atoms with E-state index in [2.05, 4.69) is 23.2 Å². The van der Waals surface area contributed by atoms with E-state index in [1.54, 1.807) is 53.9 Å². The highest BCUT2D eigenvalue weighted by Crippen LogP contribution is 2.24. The Kier molecular flexibility index (Phi) is 8.38. The number of imidazole rings is 1. The van der Waals surface area contributed by atoms with E-state index in [4.69, 9.17) is 9.47 Å². The minimum atomic E-state index is -0.764. The molecule has 3 rings (SSSR count). The van der Waals surface area contributed by atoms with E-state index in [1.807, 2.05) is 41.1 Å². The fourth-order valence-corrected chi connectivity index (χ4v) is 3.62. The first kappa shape index (κ1) is 27.5. The van der Waals surface area contributed by atoms with Gasteiger partial charge in [0.15, 0.2) is 0 Å². The number of imide groups is 1. The van der Waals surface area contributed by atoms with Gasteiger partial charge in [0.25, 0.3) is 0 Å². The molecule has 8 heteroatoms. The van der Waals surface area contributed by atoms with Gasteiger partial charge < -0.3 is 14.0 Å². The Labute approximate surface area is 218 Å². The van der Waals surface area contributed by atoms with Gasteiger partial charge in [0.1, 0.15) is 17.3 Å². The zero-order valence-corrected chi connectivity index (χ0v) is 22.3. The number of allylic oxidation sites excluding steroid dienone is 2. The molecule has 37 heavy (non-hydrogen) atoms. The molecule has 8 nitrogen and oxygen atoms in total. The van der Waals surface area contributed by atoms with Crippen LogP contribution < -0.4 is 0 Å². The van der Waals surface area contributed by atoms with Gasteiger partial charge in [0.05, 0.1) is 23.3 Å². The van der Waals surface area contributed by atoms with Crippen molar-refractivity contribution in [2.75, 3.05) is 6.54 Å². The van der Waals surface area contributed by atoms with Gasteiger partial charge in [-0.25, -0.2) is 19.5 Å². The van der Waals surface area contributed by atoms with Gasteiger partial charge in [-0.05, 0) is 65.8 Å². The minimum absolute atomic E-state index is 0.0868. The third-order valence-corrected chi connectivity index (χ3v) is 5.19. The van der Waals surface area contributed by atoms with Gasteiger partial charge >= 0.3 is 12.2 Å². The lowest BCUT2D eigenvalue weighted by Crippen LogP contribution is -2.44. The third kappa shape index (κ3) is 7.68. The highest BCUT2D eigenvalue weighted by atomic mass is 16.6. The predicted octanol–water partition coefficient (Wildman–Crippen LogP) is 6.88. The summed E-state index contributed by atoms with van der Waals surface area (Å²) in [7, 11) is 0. The molecule has 1 aromatic heterocycles. The van der Waals surface area contributed by atoms with Crippen LogP contribution in [0.4, 0.5) is 9.59 Å². The Hall–Kier alpha value is -4.12. The van der Waals surface area contributed by atoms with Crippen LogP contribution in [0.3, 0.4) is 0 Å². The maximum absolute atomic E-state index is 12.6. The van der Waals surface area contributed by atoms with Crippen LogP contribution in [0.2, 0.25) is 0 Å². The standard InChI is InChI=1S/C29H34N4O4/c1-28(2,3)36-26(34)33(27(35)37-29(4,5)6)17-10-9-13-22(18-30)24-19-32(20-31-24)25-16-11-14-21-12-7-8-15-23(21)25/h7-8,11-16,19-20H,9-10,17H2,1-6H3. The maximum atomic E-state index is 12.6. The second-order valence-electron chi connectivity index (χ2n) is 10.6. The summed E-state index contributed by atoms with van der Waals surface area (Å²) >= 11 is 0. The second kappa shape index (κ2) is 11.3. The van der Waals surface area contributed by atoms with E-state index < -0.39 is 23.4 Å². The van der Waals surface area contributed by atoms with E-state index in [0.29, 0.717) is 24.1 Å². The monoisotopic (exact) mass is 502 g/mol. The number of benzene rings is 2. The number of ether oxygens (including phenoxy) is 2. The number of hydrogen-bond acceptors (Lipinski definition) is 6. The molecule has 3 aromatic rings. The SMILES string of the molecule is CC(C)(C)OC(=O)N(CCCC=C(C#N)c1cn(-c2cccc3ccccc23)cn1)C(=O)OC(C)(C)C. The topological polar surface area (TPSA) is 97.5 Å². The quantitative estimate of drug-likeness (QED) is 0.269. The second-order valence-corrected chi connectivity index (χ2v) is 10.6. The molecule has 0 aliphatic rings. The Morgan fingerprint density at radius 1 is 1.00 bits per heavy atom. The summed E-state index contributed by atoms with van der Waals surface area (Å²) in [5.41, 5.74) is 0.425. The number of nitriles is 1. The molecule has 2 aromatic carbocycles. The van der Waals surface area contributed by atoms with Crippen molar-refractivity contribution < 1.29 is 19.1 Å². The van der Waals surface area contributed by atoms with Crippen LogP contribution in [0.1, 0.15) is 60.1 Å². The molecule has 2 amide bonds. The fourth-order valence-electron chi connectivity index (χ4n) is 3.62. The average Bonchev–Trinajstić information content (AvgIpc) is 3.28. The van der Waals surface area contributed by atoms with Gasteiger partial charge in [-0.2, -0.15) is 5.26 Å². The van der Waals surface area contributed by atoms with Crippen LogP contribution in [0.15, 0.2) is 61.1 Å². The van der Waals surface area contributed by atoms with Gasteiger partial charge in [0, 0.05) is 18.1 Å². The summed E-state index contributed by atoms with van der Waals surface area (Å²) in [6.07, 6.45) is 4.62. The molecule has 0 radical (unpaired) electrons. The molecule has 0 aliphatic carbocycles. The first-order valence-electron chi connectivity index (χ1n) is 12.2. The van der Waals surface area contributed by atoms with Crippen LogP contribution >= 0.6 is 0 Å². The molecular formula is C29H34N4O4. The van der Waals surface area contributed by atoms with E-state index in [-0.39, 0.29) is 6.54 Å². The highest BCUT2D eigenvalue weighted by Gasteiger charge is 2.30. The predicted molar refractivity (Wildman–Crippen MR) is 143 cm³/mol. The first-order valence-corrected chi connectivity index (χ1v) is 12.2. The Morgan fingerprint density at radius 2 is 1.62 bits per heavy atom. The smallest absolute Gasteiger partial charge is 0.419 e. The number of amides is 2.